The van der Waals surface area contributed by atoms with Crippen LogP contribution in [0.15, 0.2) is 48.5 Å². The number of likely N-dealkylation sites (N-methyl/N-ethyl adjacent to an activating group) is 2. The molecule has 7 heteroatoms. The number of nitrogens with one attached hydrogen (secondary N) is 2. The second-order valence-corrected chi connectivity index (χ2v) is 7.50. The standard InChI is InChI=1S/C22H27N3O4/c1-16-8-10-17(11-9-16)23-21(26)13-24(2)14-22(27)25(3)12-18-15-28-19-6-4-5-7-20(19)29-18/h4-11,18H,12-15H2,1-3H3,(H,23,26)/p+1/t18-/m0/s1. The molecule has 2 aromatic carbocycles. The molecule has 154 valence electrons. The van der Waals surface area contributed by atoms with Gasteiger partial charge in [-0.05, 0) is 31.2 Å². The van der Waals surface area contributed by atoms with Crippen LogP contribution in [0.3, 0.4) is 0 Å². The zero-order chi connectivity index (χ0) is 20.8. The van der Waals surface area contributed by atoms with Gasteiger partial charge in [0.15, 0.2) is 30.7 Å². The van der Waals surface area contributed by atoms with Gasteiger partial charge in [-0.2, -0.15) is 0 Å². The van der Waals surface area contributed by atoms with Crippen molar-refractivity contribution in [3.8, 4) is 11.5 Å². The Kier molecular flexibility index (Phi) is 6.72. The first-order valence-corrected chi connectivity index (χ1v) is 9.71. The van der Waals surface area contributed by atoms with E-state index < -0.39 is 0 Å². The molecule has 1 heterocycles. The lowest BCUT2D eigenvalue weighted by Crippen LogP contribution is -3.11. The molecule has 0 fully saturated rings. The smallest absolute Gasteiger partial charge is 0.279 e. The predicted molar refractivity (Wildman–Crippen MR) is 110 cm³/mol. The van der Waals surface area contributed by atoms with Crippen molar-refractivity contribution in [2.24, 2.45) is 0 Å². The largest absolute Gasteiger partial charge is 0.486 e. The van der Waals surface area contributed by atoms with Crippen molar-refractivity contribution in [1.29, 1.82) is 0 Å². The first kappa shape index (κ1) is 20.7. The molecule has 0 saturated heterocycles. The monoisotopic (exact) mass is 398 g/mol. The fourth-order valence-electron chi connectivity index (χ4n) is 3.13. The highest BCUT2D eigenvalue weighted by Gasteiger charge is 2.25. The summed E-state index contributed by atoms with van der Waals surface area (Å²) in [6.07, 6.45) is -0.219. The van der Waals surface area contributed by atoms with Crippen LogP contribution >= 0.6 is 0 Å². The average Bonchev–Trinajstić information content (AvgIpc) is 2.69. The number of fused-ring (bicyclic) bond motifs is 1. The molecule has 2 aromatic rings. The van der Waals surface area contributed by atoms with Crippen molar-refractivity contribution in [1.82, 2.24) is 4.90 Å². The number of ether oxygens (including phenoxy) is 2. The van der Waals surface area contributed by atoms with Gasteiger partial charge >= 0.3 is 0 Å². The van der Waals surface area contributed by atoms with Gasteiger partial charge in [-0.1, -0.05) is 29.8 Å². The van der Waals surface area contributed by atoms with Crippen molar-refractivity contribution < 1.29 is 24.0 Å². The summed E-state index contributed by atoms with van der Waals surface area (Å²) in [6, 6.07) is 15.1. The third-order valence-corrected chi connectivity index (χ3v) is 4.72. The molecule has 0 saturated carbocycles. The number of hydrogen-bond acceptors (Lipinski definition) is 4. The van der Waals surface area contributed by atoms with Gasteiger partial charge in [0.1, 0.15) is 6.61 Å². The molecule has 1 unspecified atom stereocenters. The number of quaternary nitrogens is 1. The molecule has 0 bridgehead atoms. The highest BCUT2D eigenvalue weighted by Crippen LogP contribution is 2.30. The number of anilines is 1. The maximum atomic E-state index is 12.5. The van der Waals surface area contributed by atoms with Crippen molar-refractivity contribution in [3.63, 3.8) is 0 Å². The van der Waals surface area contributed by atoms with E-state index in [4.69, 9.17) is 9.47 Å². The summed E-state index contributed by atoms with van der Waals surface area (Å²) >= 11 is 0. The van der Waals surface area contributed by atoms with Crippen molar-refractivity contribution in [2.75, 3.05) is 45.7 Å². The summed E-state index contributed by atoms with van der Waals surface area (Å²) in [5, 5.41) is 2.86. The molecule has 2 atom stereocenters. The van der Waals surface area contributed by atoms with Gasteiger partial charge in [0.25, 0.3) is 11.8 Å². The minimum absolute atomic E-state index is 0.0481. The van der Waals surface area contributed by atoms with Gasteiger partial charge in [0.2, 0.25) is 0 Å². The molecule has 2 N–H and O–H groups in total. The van der Waals surface area contributed by atoms with Crippen LogP contribution in [0.4, 0.5) is 5.69 Å². The van der Waals surface area contributed by atoms with E-state index in [0.29, 0.717) is 18.9 Å². The molecule has 1 aliphatic heterocycles. The maximum absolute atomic E-state index is 12.5. The van der Waals surface area contributed by atoms with E-state index in [1.54, 1.807) is 11.9 Å². The van der Waals surface area contributed by atoms with Gasteiger partial charge in [-0.15, -0.1) is 0 Å². The molecule has 2 amide bonds. The van der Waals surface area contributed by atoms with E-state index in [0.717, 1.165) is 21.9 Å². The molecule has 7 nitrogen and oxygen atoms in total. The maximum Gasteiger partial charge on any atom is 0.279 e. The van der Waals surface area contributed by atoms with Crippen molar-refractivity contribution >= 4 is 17.5 Å². The Balaban J connectivity index is 1.43. The molecule has 0 aliphatic carbocycles. The highest BCUT2D eigenvalue weighted by molar-refractivity contribution is 5.91. The number of rotatable bonds is 7. The molecular formula is C22H28N3O4+. The van der Waals surface area contributed by atoms with E-state index >= 15 is 0 Å². The Hall–Kier alpha value is -3.06. The van der Waals surface area contributed by atoms with Crippen LogP contribution < -0.4 is 19.7 Å². The zero-order valence-electron chi connectivity index (χ0n) is 17.1. The van der Waals surface area contributed by atoms with Gasteiger partial charge in [-0.25, -0.2) is 0 Å². The van der Waals surface area contributed by atoms with E-state index in [9.17, 15) is 9.59 Å². The van der Waals surface area contributed by atoms with Crippen molar-refractivity contribution in [2.45, 2.75) is 13.0 Å². The number of aryl methyl sites for hydroxylation is 1. The van der Waals surface area contributed by atoms with E-state index in [1.807, 2.05) is 62.5 Å². The Bertz CT molecular complexity index is 853. The highest BCUT2D eigenvalue weighted by atomic mass is 16.6. The molecular weight excluding hydrogens is 370 g/mol. The zero-order valence-corrected chi connectivity index (χ0v) is 17.1. The van der Waals surface area contributed by atoms with Crippen molar-refractivity contribution in [3.05, 3.63) is 54.1 Å². The van der Waals surface area contributed by atoms with E-state index in [1.165, 1.54) is 0 Å². The van der Waals surface area contributed by atoms with Gasteiger partial charge in [0.05, 0.1) is 13.6 Å². The summed E-state index contributed by atoms with van der Waals surface area (Å²) in [5.74, 6) is 1.25. The molecule has 0 aromatic heterocycles. The summed E-state index contributed by atoms with van der Waals surface area (Å²) in [5.41, 5.74) is 1.89. The first-order chi connectivity index (χ1) is 13.9. The lowest BCUT2D eigenvalue weighted by Gasteiger charge is -2.29. The number of carbonyl (C=O) groups excluding carboxylic acids is 2. The number of amides is 2. The van der Waals surface area contributed by atoms with Crippen LogP contribution in [0.1, 0.15) is 5.56 Å². The predicted octanol–water partition coefficient (Wildman–Crippen LogP) is 0.747. The van der Waals surface area contributed by atoms with Gasteiger partial charge in [-0.3, -0.25) is 9.59 Å². The number of benzene rings is 2. The number of carbonyl (C=O) groups is 2. The minimum atomic E-state index is -0.219. The summed E-state index contributed by atoms with van der Waals surface area (Å²) in [7, 11) is 3.57. The second kappa shape index (κ2) is 9.43. The lowest BCUT2D eigenvalue weighted by atomic mass is 10.2. The number of para-hydroxylation sites is 2. The fourth-order valence-corrected chi connectivity index (χ4v) is 3.13. The van der Waals surface area contributed by atoms with Crippen LogP contribution in [-0.4, -0.2) is 63.2 Å². The van der Waals surface area contributed by atoms with Gasteiger partial charge < -0.3 is 24.6 Å². The van der Waals surface area contributed by atoms with E-state index in [-0.39, 0.29) is 31.0 Å². The molecule has 1 aliphatic rings. The first-order valence-electron chi connectivity index (χ1n) is 9.71. The van der Waals surface area contributed by atoms with Gasteiger partial charge in [0, 0.05) is 12.7 Å². The molecule has 0 spiro atoms. The SMILES string of the molecule is Cc1ccc(NC(=O)C[NH+](C)CC(=O)N(C)C[C@H]2COc3ccccc3O2)cc1. The quantitative estimate of drug-likeness (QED) is 0.722. The summed E-state index contributed by atoms with van der Waals surface area (Å²) in [4.78, 5) is 27.2. The van der Waals surface area contributed by atoms with E-state index in [2.05, 4.69) is 5.32 Å². The summed E-state index contributed by atoms with van der Waals surface area (Å²) < 4.78 is 11.6. The third-order valence-electron chi connectivity index (χ3n) is 4.72. The summed E-state index contributed by atoms with van der Waals surface area (Å²) in [6.45, 7) is 3.26. The fraction of sp³-hybridized carbons (Fsp3) is 0.364. The molecule has 3 rings (SSSR count). The molecule has 29 heavy (non-hydrogen) atoms. The Morgan fingerprint density at radius 1 is 1.10 bits per heavy atom. The van der Waals surface area contributed by atoms with Crippen LogP contribution in [-0.2, 0) is 9.59 Å². The molecule has 0 radical (unpaired) electrons. The Morgan fingerprint density at radius 2 is 1.79 bits per heavy atom. The lowest BCUT2D eigenvalue weighted by molar-refractivity contribution is -0.862. The second-order valence-electron chi connectivity index (χ2n) is 7.50. The van der Waals surface area contributed by atoms with Crippen LogP contribution in [0.25, 0.3) is 0 Å². The Labute approximate surface area is 171 Å². The number of nitrogens with zero attached hydrogens (tertiary/aromatic N) is 1. The average molecular weight is 398 g/mol. The minimum Gasteiger partial charge on any atom is -0.486 e. The third kappa shape index (κ3) is 5.96. The van der Waals surface area contributed by atoms with Crippen LogP contribution in [0, 0.1) is 6.92 Å². The topological polar surface area (TPSA) is 72.3 Å². The van der Waals surface area contributed by atoms with Crippen LogP contribution in [0.5, 0.6) is 11.5 Å². The number of hydrogen-bond donors (Lipinski definition) is 2. The Morgan fingerprint density at radius 3 is 2.52 bits per heavy atom. The normalized spacial score (nSPS) is 16.0. The van der Waals surface area contributed by atoms with Crippen LogP contribution in [0.2, 0.25) is 0 Å².